The fraction of sp³-hybridized carbons (Fsp3) is 0.333. The first-order chi connectivity index (χ1) is 13.6. The van der Waals surface area contributed by atoms with Crippen LogP contribution in [-0.4, -0.2) is 55.6 Å². The molecule has 3 aromatic rings. The quantitative estimate of drug-likeness (QED) is 0.717. The maximum absolute atomic E-state index is 12.4. The predicted octanol–water partition coefficient (Wildman–Crippen LogP) is 3.37. The van der Waals surface area contributed by atoms with Gasteiger partial charge in [0.15, 0.2) is 5.13 Å². The molecule has 0 spiro atoms. The number of hydrogen-bond acceptors (Lipinski definition) is 6. The van der Waals surface area contributed by atoms with E-state index in [9.17, 15) is 4.79 Å². The number of carbonyl (C=O) groups is 1. The number of amides is 1. The molecule has 0 radical (unpaired) electrons. The molecule has 6 nitrogen and oxygen atoms in total. The lowest BCUT2D eigenvalue weighted by molar-refractivity contribution is -0.117. The fourth-order valence-corrected chi connectivity index (χ4v) is 4.38. The van der Waals surface area contributed by atoms with E-state index in [1.165, 1.54) is 22.6 Å². The molecule has 0 bridgehead atoms. The summed E-state index contributed by atoms with van der Waals surface area (Å²) in [5.74, 6) is 0.859. The van der Waals surface area contributed by atoms with Gasteiger partial charge in [0.25, 0.3) is 0 Å². The van der Waals surface area contributed by atoms with Gasteiger partial charge in [-0.2, -0.15) is 0 Å². The molecular formula is C21H24N4O2S. The summed E-state index contributed by atoms with van der Waals surface area (Å²) in [5, 5.41) is 3.62. The normalized spacial score (nSPS) is 15.0. The van der Waals surface area contributed by atoms with Gasteiger partial charge in [-0.25, -0.2) is 4.98 Å². The molecule has 1 aromatic heterocycles. The Hall–Kier alpha value is -2.64. The van der Waals surface area contributed by atoms with Crippen molar-refractivity contribution in [1.29, 1.82) is 0 Å². The minimum absolute atomic E-state index is 0.00586. The Kier molecular flexibility index (Phi) is 5.45. The second kappa shape index (κ2) is 8.16. The molecule has 7 heteroatoms. The Morgan fingerprint density at radius 1 is 1.14 bits per heavy atom. The Labute approximate surface area is 168 Å². The number of rotatable bonds is 5. The van der Waals surface area contributed by atoms with E-state index in [0.717, 1.165) is 42.1 Å². The number of methoxy groups -OCH3 is 1. The van der Waals surface area contributed by atoms with E-state index >= 15 is 0 Å². The average Bonchev–Trinajstić information content (AvgIpc) is 3.09. The maximum atomic E-state index is 12.4. The monoisotopic (exact) mass is 396 g/mol. The lowest BCUT2D eigenvalue weighted by Gasteiger charge is -2.35. The Morgan fingerprint density at radius 2 is 1.89 bits per heavy atom. The van der Waals surface area contributed by atoms with E-state index in [1.807, 2.05) is 24.3 Å². The zero-order valence-corrected chi connectivity index (χ0v) is 17.0. The van der Waals surface area contributed by atoms with Crippen LogP contribution in [-0.2, 0) is 4.79 Å². The zero-order chi connectivity index (χ0) is 19.5. The molecule has 0 aliphatic carbocycles. The number of hydrogen-bond donors (Lipinski definition) is 1. The summed E-state index contributed by atoms with van der Waals surface area (Å²) in [6.45, 7) is 5.98. The van der Waals surface area contributed by atoms with Gasteiger partial charge in [-0.1, -0.05) is 17.4 Å². The van der Waals surface area contributed by atoms with Gasteiger partial charge in [0.1, 0.15) is 5.75 Å². The number of nitrogens with one attached hydrogen (secondary N) is 1. The van der Waals surface area contributed by atoms with Crippen LogP contribution in [0.2, 0.25) is 0 Å². The number of anilines is 2. The Balaban J connectivity index is 1.29. The van der Waals surface area contributed by atoms with Crippen LogP contribution < -0.4 is 15.0 Å². The first-order valence-electron chi connectivity index (χ1n) is 9.39. The number of aromatic nitrogens is 1. The maximum Gasteiger partial charge on any atom is 0.240 e. The van der Waals surface area contributed by atoms with Crippen molar-refractivity contribution in [2.75, 3.05) is 50.1 Å². The molecule has 1 amide bonds. The highest BCUT2D eigenvalue weighted by atomic mass is 32.1. The van der Waals surface area contributed by atoms with Crippen LogP contribution in [0.5, 0.6) is 5.75 Å². The van der Waals surface area contributed by atoms with E-state index < -0.39 is 0 Å². The summed E-state index contributed by atoms with van der Waals surface area (Å²) in [7, 11) is 1.67. The second-order valence-corrected chi connectivity index (χ2v) is 8.03. The topological polar surface area (TPSA) is 57.7 Å². The van der Waals surface area contributed by atoms with Gasteiger partial charge in [0.2, 0.25) is 5.91 Å². The lowest BCUT2D eigenvalue weighted by atomic mass is 10.2. The number of thiazole rings is 1. The smallest absolute Gasteiger partial charge is 0.240 e. The van der Waals surface area contributed by atoms with E-state index in [-0.39, 0.29) is 5.91 Å². The molecule has 1 aliphatic rings. The molecule has 28 heavy (non-hydrogen) atoms. The molecule has 2 heterocycles. The van der Waals surface area contributed by atoms with Crippen LogP contribution in [0.4, 0.5) is 10.8 Å². The van der Waals surface area contributed by atoms with E-state index in [4.69, 9.17) is 4.74 Å². The van der Waals surface area contributed by atoms with Crippen LogP contribution in [0.1, 0.15) is 5.56 Å². The number of nitrogens with zero attached hydrogens (tertiary/aromatic N) is 3. The number of piperazine rings is 1. The molecule has 2 aromatic carbocycles. The van der Waals surface area contributed by atoms with Gasteiger partial charge in [-0.05, 0) is 48.9 Å². The van der Waals surface area contributed by atoms with E-state index in [2.05, 4.69) is 45.2 Å². The van der Waals surface area contributed by atoms with Crippen LogP contribution >= 0.6 is 11.3 Å². The van der Waals surface area contributed by atoms with E-state index in [1.54, 1.807) is 7.11 Å². The lowest BCUT2D eigenvalue weighted by Crippen LogP contribution is -2.48. The molecule has 0 atom stereocenters. The minimum Gasteiger partial charge on any atom is -0.497 e. The average molecular weight is 397 g/mol. The third-order valence-electron chi connectivity index (χ3n) is 4.97. The summed E-state index contributed by atoms with van der Waals surface area (Å²) >= 11 is 1.52. The number of carbonyl (C=O) groups excluding carboxylic acids is 1. The zero-order valence-electron chi connectivity index (χ0n) is 16.1. The molecule has 1 aliphatic heterocycles. The standard InChI is InChI=1S/C21H24N4O2S/c1-15-3-8-18-19(13-15)28-21(22-18)23-20(26)14-24-9-11-25(12-10-24)16-4-6-17(27-2)7-5-16/h3-8,13H,9-12,14H2,1-2H3,(H,22,23,26). The first-order valence-corrected chi connectivity index (χ1v) is 10.2. The molecular weight excluding hydrogens is 372 g/mol. The van der Waals surface area contributed by atoms with E-state index in [0.29, 0.717) is 11.7 Å². The minimum atomic E-state index is -0.00586. The molecule has 1 saturated heterocycles. The van der Waals surface area contributed by atoms with Gasteiger partial charge in [0.05, 0.1) is 23.9 Å². The molecule has 146 valence electrons. The molecule has 0 saturated carbocycles. The molecule has 4 rings (SSSR count). The van der Waals surface area contributed by atoms with Crippen LogP contribution in [0, 0.1) is 6.92 Å². The number of aryl methyl sites for hydroxylation is 1. The van der Waals surface area contributed by atoms with Crippen molar-refractivity contribution in [3.8, 4) is 5.75 Å². The van der Waals surface area contributed by atoms with Crippen molar-refractivity contribution >= 4 is 38.3 Å². The molecule has 1 N–H and O–H groups in total. The summed E-state index contributed by atoms with van der Waals surface area (Å²) in [5.41, 5.74) is 3.32. The highest BCUT2D eigenvalue weighted by Crippen LogP contribution is 2.26. The van der Waals surface area contributed by atoms with Crippen LogP contribution in [0.3, 0.4) is 0 Å². The summed E-state index contributed by atoms with van der Waals surface area (Å²) in [4.78, 5) is 21.5. The summed E-state index contributed by atoms with van der Waals surface area (Å²) in [6.07, 6.45) is 0. The second-order valence-electron chi connectivity index (χ2n) is 7.00. The van der Waals surface area contributed by atoms with Crippen molar-refractivity contribution in [3.63, 3.8) is 0 Å². The van der Waals surface area contributed by atoms with Gasteiger partial charge in [-0.15, -0.1) is 0 Å². The SMILES string of the molecule is COc1ccc(N2CCN(CC(=O)Nc3nc4ccc(C)cc4s3)CC2)cc1. The fourth-order valence-electron chi connectivity index (χ4n) is 3.40. The summed E-state index contributed by atoms with van der Waals surface area (Å²) < 4.78 is 6.32. The van der Waals surface area contributed by atoms with Crippen LogP contribution in [0.15, 0.2) is 42.5 Å². The largest absolute Gasteiger partial charge is 0.497 e. The highest BCUT2D eigenvalue weighted by molar-refractivity contribution is 7.22. The van der Waals surface area contributed by atoms with Gasteiger partial charge in [-0.3, -0.25) is 9.69 Å². The molecule has 0 unspecified atom stereocenters. The van der Waals surface area contributed by atoms with Gasteiger partial charge < -0.3 is 15.0 Å². The Bertz CT molecular complexity index is 962. The van der Waals surface area contributed by atoms with Crippen molar-refractivity contribution in [2.24, 2.45) is 0 Å². The predicted molar refractivity (Wildman–Crippen MR) is 115 cm³/mol. The third kappa shape index (κ3) is 4.26. The first kappa shape index (κ1) is 18.7. The number of fused-ring (bicyclic) bond motifs is 1. The van der Waals surface area contributed by atoms with Crippen LogP contribution in [0.25, 0.3) is 10.2 Å². The van der Waals surface area contributed by atoms with Crippen molar-refractivity contribution in [1.82, 2.24) is 9.88 Å². The third-order valence-corrected chi connectivity index (χ3v) is 5.90. The number of ether oxygens (including phenoxy) is 1. The molecule has 1 fully saturated rings. The van der Waals surface area contributed by atoms with Crippen molar-refractivity contribution in [3.05, 3.63) is 48.0 Å². The van der Waals surface area contributed by atoms with Crippen molar-refractivity contribution < 1.29 is 9.53 Å². The van der Waals surface area contributed by atoms with Crippen molar-refractivity contribution in [2.45, 2.75) is 6.92 Å². The van der Waals surface area contributed by atoms with Gasteiger partial charge in [0, 0.05) is 31.9 Å². The van der Waals surface area contributed by atoms with Gasteiger partial charge >= 0.3 is 0 Å². The number of benzene rings is 2. The summed E-state index contributed by atoms with van der Waals surface area (Å²) in [6, 6.07) is 14.3. The Morgan fingerprint density at radius 3 is 2.61 bits per heavy atom. The highest BCUT2D eigenvalue weighted by Gasteiger charge is 2.20.